The van der Waals surface area contributed by atoms with Gasteiger partial charge in [0.05, 0.1) is 14.2 Å². The van der Waals surface area contributed by atoms with Crippen LogP contribution in [-0.4, -0.2) is 43.1 Å². The molecule has 32 heavy (non-hydrogen) atoms. The Morgan fingerprint density at radius 1 is 1.16 bits per heavy atom. The Hall–Kier alpha value is -2.99. The van der Waals surface area contributed by atoms with Crippen LogP contribution in [0.3, 0.4) is 0 Å². The molecule has 2 N–H and O–H groups in total. The summed E-state index contributed by atoms with van der Waals surface area (Å²) in [5.41, 5.74) is 3.50. The molecular formula is C26H33N3O3. The number of rotatable bonds is 9. The maximum atomic E-state index is 12.5. The fourth-order valence-corrected chi connectivity index (χ4v) is 4.65. The number of carbonyl (C=O) groups excluding carboxylic acids is 1. The smallest absolute Gasteiger partial charge is 0.220 e. The third-order valence-electron chi connectivity index (χ3n) is 6.42. The van der Waals surface area contributed by atoms with E-state index in [9.17, 15) is 4.79 Å². The first-order chi connectivity index (χ1) is 15.7. The SMILES string of the molecule is COc1ccc(CNC(=O)CC[C@H]2CCCN(Cc3c[nH]c4ccccc34)C2)c(OC)c1. The van der Waals surface area contributed by atoms with E-state index < -0.39 is 0 Å². The van der Waals surface area contributed by atoms with Crippen molar-refractivity contribution in [3.63, 3.8) is 0 Å². The van der Waals surface area contributed by atoms with Gasteiger partial charge in [-0.05, 0) is 55.5 Å². The molecule has 0 unspecified atom stereocenters. The summed E-state index contributed by atoms with van der Waals surface area (Å²) in [5.74, 6) is 2.13. The predicted molar refractivity (Wildman–Crippen MR) is 127 cm³/mol. The first-order valence-corrected chi connectivity index (χ1v) is 11.4. The molecule has 0 saturated carbocycles. The van der Waals surface area contributed by atoms with Gasteiger partial charge in [0.25, 0.3) is 0 Å². The quantitative estimate of drug-likeness (QED) is 0.520. The van der Waals surface area contributed by atoms with E-state index in [-0.39, 0.29) is 5.91 Å². The molecule has 6 nitrogen and oxygen atoms in total. The summed E-state index contributed by atoms with van der Waals surface area (Å²) in [6, 6.07) is 14.1. The topological polar surface area (TPSA) is 66.6 Å². The first-order valence-electron chi connectivity index (χ1n) is 11.4. The van der Waals surface area contributed by atoms with Crippen LogP contribution >= 0.6 is 0 Å². The number of nitrogens with zero attached hydrogens (tertiary/aromatic N) is 1. The highest BCUT2D eigenvalue weighted by Gasteiger charge is 2.21. The lowest BCUT2D eigenvalue weighted by molar-refractivity contribution is -0.121. The van der Waals surface area contributed by atoms with Gasteiger partial charge >= 0.3 is 0 Å². The normalized spacial score (nSPS) is 16.8. The number of hydrogen-bond acceptors (Lipinski definition) is 4. The van der Waals surface area contributed by atoms with Crippen molar-refractivity contribution < 1.29 is 14.3 Å². The van der Waals surface area contributed by atoms with Crippen LogP contribution in [0.15, 0.2) is 48.7 Å². The van der Waals surface area contributed by atoms with Gasteiger partial charge in [-0.15, -0.1) is 0 Å². The first kappa shape index (κ1) is 22.2. The summed E-state index contributed by atoms with van der Waals surface area (Å²) in [5, 5.41) is 4.35. The average molecular weight is 436 g/mol. The fraction of sp³-hybridized carbons (Fsp3) is 0.423. The van der Waals surface area contributed by atoms with Crippen LogP contribution in [-0.2, 0) is 17.9 Å². The van der Waals surface area contributed by atoms with Gasteiger partial charge in [-0.3, -0.25) is 9.69 Å². The van der Waals surface area contributed by atoms with Gasteiger partial charge < -0.3 is 19.8 Å². The minimum atomic E-state index is 0.0941. The molecule has 2 aromatic carbocycles. The summed E-state index contributed by atoms with van der Waals surface area (Å²) >= 11 is 0. The molecule has 170 valence electrons. The molecular weight excluding hydrogens is 402 g/mol. The van der Waals surface area contributed by atoms with Gasteiger partial charge in [0.1, 0.15) is 11.5 Å². The van der Waals surface area contributed by atoms with Crippen LogP contribution in [0.5, 0.6) is 11.5 Å². The number of piperidine rings is 1. The third kappa shape index (κ3) is 5.43. The zero-order valence-corrected chi connectivity index (χ0v) is 19.0. The second-order valence-electron chi connectivity index (χ2n) is 8.60. The van der Waals surface area contributed by atoms with Crippen molar-refractivity contribution in [3.05, 3.63) is 59.8 Å². The lowest BCUT2D eigenvalue weighted by Gasteiger charge is -2.32. The Bertz CT molecular complexity index is 1050. The second kappa shape index (κ2) is 10.6. The van der Waals surface area contributed by atoms with Gasteiger partial charge in [0, 0.05) is 54.8 Å². The van der Waals surface area contributed by atoms with Gasteiger partial charge in [-0.25, -0.2) is 0 Å². The van der Waals surface area contributed by atoms with Crippen molar-refractivity contribution in [2.24, 2.45) is 5.92 Å². The number of likely N-dealkylation sites (tertiary alicyclic amines) is 1. The molecule has 6 heteroatoms. The number of ether oxygens (including phenoxy) is 2. The van der Waals surface area contributed by atoms with Crippen molar-refractivity contribution in [2.45, 2.75) is 38.8 Å². The van der Waals surface area contributed by atoms with Gasteiger partial charge in [0.15, 0.2) is 0 Å². The van der Waals surface area contributed by atoms with E-state index >= 15 is 0 Å². The van der Waals surface area contributed by atoms with E-state index in [0.29, 0.717) is 18.9 Å². The van der Waals surface area contributed by atoms with E-state index in [1.165, 1.54) is 29.3 Å². The molecule has 0 aliphatic carbocycles. The van der Waals surface area contributed by atoms with Crippen LogP contribution in [0.25, 0.3) is 10.9 Å². The number of hydrogen-bond donors (Lipinski definition) is 2. The number of amides is 1. The molecule has 1 aliphatic heterocycles. The highest BCUT2D eigenvalue weighted by atomic mass is 16.5. The number of nitrogens with one attached hydrogen (secondary N) is 2. The molecule has 1 saturated heterocycles. The van der Waals surface area contributed by atoms with E-state index in [4.69, 9.17) is 9.47 Å². The van der Waals surface area contributed by atoms with Crippen LogP contribution in [0.4, 0.5) is 0 Å². The number of fused-ring (bicyclic) bond motifs is 1. The molecule has 1 aliphatic rings. The Morgan fingerprint density at radius 2 is 2.03 bits per heavy atom. The monoisotopic (exact) mass is 435 g/mol. The van der Waals surface area contributed by atoms with Gasteiger partial charge in [-0.2, -0.15) is 0 Å². The maximum Gasteiger partial charge on any atom is 0.220 e. The largest absolute Gasteiger partial charge is 0.497 e. The van der Waals surface area contributed by atoms with Crippen molar-refractivity contribution >= 4 is 16.8 Å². The van der Waals surface area contributed by atoms with Crippen LogP contribution in [0, 0.1) is 5.92 Å². The highest BCUT2D eigenvalue weighted by molar-refractivity contribution is 5.83. The average Bonchev–Trinajstić information content (AvgIpc) is 3.24. The lowest BCUT2D eigenvalue weighted by Crippen LogP contribution is -2.35. The maximum absolute atomic E-state index is 12.5. The van der Waals surface area contributed by atoms with Gasteiger partial charge in [-0.1, -0.05) is 18.2 Å². The Morgan fingerprint density at radius 3 is 2.88 bits per heavy atom. The molecule has 1 atom stereocenters. The summed E-state index contributed by atoms with van der Waals surface area (Å²) in [4.78, 5) is 18.4. The van der Waals surface area contributed by atoms with E-state index in [1.807, 2.05) is 18.2 Å². The zero-order chi connectivity index (χ0) is 22.3. The molecule has 0 radical (unpaired) electrons. The minimum Gasteiger partial charge on any atom is -0.497 e. The standard InChI is InChI=1S/C26H33N3O3/c1-31-22-11-10-20(25(14-22)32-2)15-28-26(30)12-9-19-6-5-13-29(17-19)18-21-16-27-24-8-4-3-7-23(21)24/h3-4,7-8,10-11,14,16,19,27H,5-6,9,12-13,15,17-18H2,1-2H3,(H,28,30)/t19-/m1/s1. The van der Waals surface area contributed by atoms with Crippen LogP contribution in [0.2, 0.25) is 0 Å². The Labute approximate surface area is 189 Å². The minimum absolute atomic E-state index is 0.0941. The summed E-state index contributed by atoms with van der Waals surface area (Å²) in [7, 11) is 3.26. The van der Waals surface area contributed by atoms with Crippen molar-refractivity contribution in [1.82, 2.24) is 15.2 Å². The number of benzene rings is 2. The van der Waals surface area contributed by atoms with Crippen LogP contribution < -0.4 is 14.8 Å². The molecule has 2 heterocycles. The molecule has 1 fully saturated rings. The Balaban J connectivity index is 1.24. The summed E-state index contributed by atoms with van der Waals surface area (Å²) < 4.78 is 10.7. The van der Waals surface area contributed by atoms with Crippen molar-refractivity contribution in [2.75, 3.05) is 27.3 Å². The predicted octanol–water partition coefficient (Wildman–Crippen LogP) is 4.49. The van der Waals surface area contributed by atoms with Crippen molar-refractivity contribution in [3.8, 4) is 11.5 Å². The fourth-order valence-electron chi connectivity index (χ4n) is 4.65. The molecule has 4 rings (SSSR count). The molecule has 1 aromatic heterocycles. The number of para-hydroxylation sites is 1. The number of carbonyl (C=O) groups is 1. The summed E-state index contributed by atoms with van der Waals surface area (Å²) in [6.07, 6.45) is 6.01. The molecule has 0 spiro atoms. The molecule has 3 aromatic rings. The Kier molecular flexibility index (Phi) is 7.32. The number of methoxy groups -OCH3 is 2. The van der Waals surface area contributed by atoms with Crippen LogP contribution in [0.1, 0.15) is 36.8 Å². The third-order valence-corrected chi connectivity index (χ3v) is 6.42. The lowest BCUT2D eigenvalue weighted by atomic mass is 9.93. The highest BCUT2D eigenvalue weighted by Crippen LogP contribution is 2.26. The molecule has 0 bridgehead atoms. The van der Waals surface area contributed by atoms with E-state index in [0.717, 1.165) is 43.1 Å². The molecule has 1 amide bonds. The van der Waals surface area contributed by atoms with Gasteiger partial charge in [0.2, 0.25) is 5.91 Å². The summed E-state index contributed by atoms with van der Waals surface area (Å²) in [6.45, 7) is 3.60. The number of aromatic amines is 1. The zero-order valence-electron chi connectivity index (χ0n) is 19.0. The second-order valence-corrected chi connectivity index (χ2v) is 8.60. The van der Waals surface area contributed by atoms with E-state index in [1.54, 1.807) is 14.2 Å². The van der Waals surface area contributed by atoms with Crippen molar-refractivity contribution in [1.29, 1.82) is 0 Å². The number of aromatic nitrogens is 1. The number of H-pyrrole nitrogens is 1. The van der Waals surface area contributed by atoms with E-state index in [2.05, 4.69) is 45.7 Å².